The lowest BCUT2D eigenvalue weighted by Crippen LogP contribution is -2.25. The van der Waals surface area contributed by atoms with Gasteiger partial charge in [0.1, 0.15) is 5.75 Å². The minimum Gasteiger partial charge on any atom is -0.493 e. The molecule has 90 valence electrons. The summed E-state index contributed by atoms with van der Waals surface area (Å²) in [6.07, 6.45) is 0. The van der Waals surface area contributed by atoms with E-state index in [1.807, 2.05) is 57.1 Å². The number of anilines is 1. The van der Waals surface area contributed by atoms with Gasteiger partial charge in [0.2, 0.25) is 0 Å². The lowest BCUT2D eigenvalue weighted by Gasteiger charge is -2.22. The highest BCUT2D eigenvalue weighted by Gasteiger charge is 2.17. The van der Waals surface area contributed by atoms with E-state index >= 15 is 0 Å². The van der Waals surface area contributed by atoms with Crippen LogP contribution in [0.25, 0.3) is 0 Å². The number of hydrogen-bond donors (Lipinski definition) is 1. The van der Waals surface area contributed by atoms with E-state index in [1.54, 1.807) is 0 Å². The van der Waals surface area contributed by atoms with Gasteiger partial charge in [0.05, 0.1) is 13.2 Å². The Labute approximate surface area is 97.7 Å². The molecule has 0 aliphatic rings. The van der Waals surface area contributed by atoms with Gasteiger partial charge < -0.3 is 14.7 Å². The summed E-state index contributed by atoms with van der Waals surface area (Å²) >= 11 is 0. The van der Waals surface area contributed by atoms with Crippen LogP contribution in [0, 0.1) is 5.41 Å². The molecule has 0 saturated carbocycles. The molecule has 16 heavy (non-hydrogen) atoms. The van der Waals surface area contributed by atoms with Gasteiger partial charge in [0.25, 0.3) is 0 Å². The van der Waals surface area contributed by atoms with Gasteiger partial charge in [-0.05, 0) is 12.1 Å². The van der Waals surface area contributed by atoms with E-state index in [1.165, 1.54) is 0 Å². The molecule has 0 saturated heterocycles. The van der Waals surface area contributed by atoms with Crippen molar-refractivity contribution in [3.8, 4) is 5.75 Å². The maximum absolute atomic E-state index is 9.13. The molecule has 0 amide bonds. The van der Waals surface area contributed by atoms with Crippen molar-refractivity contribution in [1.82, 2.24) is 0 Å². The average molecular weight is 223 g/mol. The number of aliphatic hydroxyl groups excluding tert-OH is 1. The molecule has 0 radical (unpaired) electrons. The summed E-state index contributed by atoms with van der Waals surface area (Å²) in [5.74, 6) is 0.840. The van der Waals surface area contributed by atoms with Crippen molar-refractivity contribution in [2.75, 3.05) is 32.2 Å². The number of rotatable bonds is 5. The zero-order chi connectivity index (χ0) is 12.2. The minimum atomic E-state index is -0.200. The summed E-state index contributed by atoms with van der Waals surface area (Å²) in [4.78, 5) is 2.03. The molecule has 0 aliphatic heterocycles. The van der Waals surface area contributed by atoms with Gasteiger partial charge in [0, 0.05) is 31.3 Å². The van der Waals surface area contributed by atoms with Crippen molar-refractivity contribution >= 4 is 5.69 Å². The van der Waals surface area contributed by atoms with Gasteiger partial charge in [0.15, 0.2) is 0 Å². The van der Waals surface area contributed by atoms with Gasteiger partial charge in [-0.2, -0.15) is 0 Å². The zero-order valence-electron chi connectivity index (χ0n) is 10.5. The fourth-order valence-electron chi connectivity index (χ4n) is 1.18. The highest BCUT2D eigenvalue weighted by atomic mass is 16.5. The van der Waals surface area contributed by atoms with Crippen molar-refractivity contribution < 1.29 is 9.84 Å². The van der Waals surface area contributed by atoms with E-state index in [9.17, 15) is 0 Å². The summed E-state index contributed by atoms with van der Waals surface area (Å²) in [5.41, 5.74) is 0.910. The number of ether oxygens (including phenoxy) is 1. The Morgan fingerprint density at radius 3 is 2.56 bits per heavy atom. The average Bonchev–Trinajstić information content (AvgIpc) is 2.27. The Morgan fingerprint density at radius 1 is 1.31 bits per heavy atom. The van der Waals surface area contributed by atoms with Crippen molar-refractivity contribution in [2.45, 2.75) is 13.8 Å². The quantitative estimate of drug-likeness (QED) is 0.830. The van der Waals surface area contributed by atoms with Crippen LogP contribution < -0.4 is 9.64 Å². The molecule has 1 aromatic rings. The predicted octanol–water partition coefficient (Wildman–Crippen LogP) is 2.15. The first-order valence-electron chi connectivity index (χ1n) is 5.46. The second-order valence-electron chi connectivity index (χ2n) is 5.00. The number of hydrogen-bond acceptors (Lipinski definition) is 3. The van der Waals surface area contributed by atoms with E-state index in [0.29, 0.717) is 6.61 Å². The molecule has 0 aliphatic carbocycles. The molecule has 0 unspecified atom stereocenters. The van der Waals surface area contributed by atoms with Crippen LogP contribution in [0.1, 0.15) is 13.8 Å². The molecule has 0 spiro atoms. The molecular weight excluding hydrogens is 202 g/mol. The number of benzene rings is 1. The highest BCUT2D eigenvalue weighted by Crippen LogP contribution is 2.22. The zero-order valence-corrected chi connectivity index (χ0v) is 10.5. The van der Waals surface area contributed by atoms with Crippen molar-refractivity contribution in [2.24, 2.45) is 5.41 Å². The second-order valence-corrected chi connectivity index (χ2v) is 5.00. The molecule has 0 fully saturated rings. The third kappa shape index (κ3) is 3.74. The van der Waals surface area contributed by atoms with E-state index in [4.69, 9.17) is 9.84 Å². The Morgan fingerprint density at radius 2 is 2.00 bits per heavy atom. The van der Waals surface area contributed by atoms with Crippen LogP contribution in [0.5, 0.6) is 5.75 Å². The van der Waals surface area contributed by atoms with E-state index in [0.717, 1.165) is 11.4 Å². The SMILES string of the molecule is CN(C)c1cccc(OCC(C)(C)CO)c1. The van der Waals surface area contributed by atoms with Crippen LogP contribution >= 0.6 is 0 Å². The van der Waals surface area contributed by atoms with Crippen molar-refractivity contribution in [1.29, 1.82) is 0 Å². The van der Waals surface area contributed by atoms with Crippen molar-refractivity contribution in [3.63, 3.8) is 0 Å². The molecule has 0 bridgehead atoms. The van der Waals surface area contributed by atoms with E-state index in [-0.39, 0.29) is 12.0 Å². The molecule has 1 N–H and O–H groups in total. The lowest BCUT2D eigenvalue weighted by atomic mass is 9.96. The fourth-order valence-corrected chi connectivity index (χ4v) is 1.18. The van der Waals surface area contributed by atoms with Crippen LogP contribution in [-0.4, -0.2) is 32.4 Å². The van der Waals surface area contributed by atoms with E-state index < -0.39 is 0 Å². The molecular formula is C13H21NO2. The molecule has 3 nitrogen and oxygen atoms in total. The molecule has 0 atom stereocenters. The third-order valence-electron chi connectivity index (χ3n) is 2.39. The van der Waals surface area contributed by atoms with Crippen LogP contribution in [0.15, 0.2) is 24.3 Å². The molecule has 1 rings (SSSR count). The maximum atomic E-state index is 9.13. The van der Waals surface area contributed by atoms with Gasteiger partial charge in [-0.1, -0.05) is 19.9 Å². The number of aliphatic hydroxyl groups is 1. The summed E-state index contributed by atoms with van der Waals surface area (Å²) in [6.45, 7) is 4.59. The van der Waals surface area contributed by atoms with Crippen LogP contribution in [-0.2, 0) is 0 Å². The molecule has 0 heterocycles. The van der Waals surface area contributed by atoms with Gasteiger partial charge in [-0.3, -0.25) is 0 Å². The first kappa shape index (κ1) is 12.8. The second kappa shape index (κ2) is 5.21. The lowest BCUT2D eigenvalue weighted by molar-refractivity contribution is 0.0976. The Kier molecular flexibility index (Phi) is 4.19. The van der Waals surface area contributed by atoms with Gasteiger partial charge >= 0.3 is 0 Å². The highest BCUT2D eigenvalue weighted by molar-refractivity contribution is 5.49. The van der Waals surface area contributed by atoms with Crippen LogP contribution in [0.3, 0.4) is 0 Å². The fraction of sp³-hybridized carbons (Fsp3) is 0.538. The summed E-state index contributed by atoms with van der Waals surface area (Å²) in [6, 6.07) is 7.93. The molecule has 0 aromatic heterocycles. The summed E-state index contributed by atoms with van der Waals surface area (Å²) in [5, 5.41) is 9.13. The third-order valence-corrected chi connectivity index (χ3v) is 2.39. The van der Waals surface area contributed by atoms with Gasteiger partial charge in [-0.25, -0.2) is 0 Å². The standard InChI is InChI=1S/C13H21NO2/c1-13(2,9-15)10-16-12-7-5-6-11(8-12)14(3)4/h5-8,15H,9-10H2,1-4H3. The van der Waals surface area contributed by atoms with Gasteiger partial charge in [-0.15, -0.1) is 0 Å². The Bertz CT molecular complexity index is 334. The minimum absolute atomic E-state index is 0.125. The summed E-state index contributed by atoms with van der Waals surface area (Å²) < 4.78 is 5.67. The predicted molar refractivity (Wildman–Crippen MR) is 67.1 cm³/mol. The topological polar surface area (TPSA) is 32.7 Å². The maximum Gasteiger partial charge on any atom is 0.121 e. The van der Waals surface area contributed by atoms with Crippen molar-refractivity contribution in [3.05, 3.63) is 24.3 Å². The molecule has 3 heteroatoms. The normalized spacial score (nSPS) is 11.3. The monoisotopic (exact) mass is 223 g/mol. The van der Waals surface area contributed by atoms with E-state index in [2.05, 4.69) is 0 Å². The largest absolute Gasteiger partial charge is 0.493 e. The smallest absolute Gasteiger partial charge is 0.121 e. The Hall–Kier alpha value is -1.22. The number of nitrogens with zero attached hydrogens (tertiary/aromatic N) is 1. The molecule has 1 aromatic carbocycles. The first-order chi connectivity index (χ1) is 7.44. The summed E-state index contributed by atoms with van der Waals surface area (Å²) in [7, 11) is 3.99. The Balaban J connectivity index is 2.64. The van der Waals surface area contributed by atoms with Crippen LogP contribution in [0.2, 0.25) is 0 Å². The first-order valence-corrected chi connectivity index (χ1v) is 5.46. The van der Waals surface area contributed by atoms with Crippen LogP contribution in [0.4, 0.5) is 5.69 Å².